The standard InChI is InChI=1S/C7H9N3O2S/c1-2-4-7(13-3-9-4)10-6(12)5(8)11/h3H,2H2,1H3,(H2,8,11)(H,10,12). The first-order valence-electron chi connectivity index (χ1n) is 3.68. The lowest BCUT2D eigenvalue weighted by Gasteiger charge is -1.99. The highest BCUT2D eigenvalue weighted by atomic mass is 32.1. The molecule has 0 aliphatic carbocycles. The van der Waals surface area contributed by atoms with Gasteiger partial charge >= 0.3 is 11.8 Å². The molecule has 1 aromatic heterocycles. The first-order chi connectivity index (χ1) is 6.15. The second kappa shape index (κ2) is 3.99. The highest BCUT2D eigenvalue weighted by molar-refractivity contribution is 7.14. The monoisotopic (exact) mass is 199 g/mol. The molecule has 0 spiro atoms. The smallest absolute Gasteiger partial charge is 0.314 e. The Bertz CT molecular complexity index is 334. The Morgan fingerprint density at radius 3 is 2.92 bits per heavy atom. The molecular weight excluding hydrogens is 190 g/mol. The molecule has 13 heavy (non-hydrogen) atoms. The van der Waals surface area contributed by atoms with Gasteiger partial charge in [0.25, 0.3) is 0 Å². The van der Waals surface area contributed by atoms with E-state index in [2.05, 4.69) is 10.3 Å². The predicted molar refractivity (Wildman–Crippen MR) is 49.3 cm³/mol. The Morgan fingerprint density at radius 2 is 2.38 bits per heavy atom. The van der Waals surface area contributed by atoms with Gasteiger partial charge in [-0.2, -0.15) is 0 Å². The molecule has 0 atom stereocenters. The number of amides is 2. The summed E-state index contributed by atoms with van der Waals surface area (Å²) in [6.07, 6.45) is 0.706. The van der Waals surface area contributed by atoms with Crippen LogP contribution in [0, 0.1) is 0 Å². The highest BCUT2D eigenvalue weighted by Gasteiger charge is 2.12. The summed E-state index contributed by atoms with van der Waals surface area (Å²) in [5, 5.41) is 2.97. The van der Waals surface area contributed by atoms with E-state index in [0.29, 0.717) is 11.4 Å². The van der Waals surface area contributed by atoms with Gasteiger partial charge in [-0.05, 0) is 6.42 Å². The van der Waals surface area contributed by atoms with Crippen molar-refractivity contribution < 1.29 is 9.59 Å². The first kappa shape index (κ1) is 9.66. The second-order valence-corrected chi connectivity index (χ2v) is 3.15. The average molecular weight is 199 g/mol. The number of carbonyl (C=O) groups excluding carboxylic acids is 2. The van der Waals surface area contributed by atoms with Crippen molar-refractivity contribution in [2.45, 2.75) is 13.3 Å². The summed E-state index contributed by atoms with van der Waals surface area (Å²) in [4.78, 5) is 25.3. The van der Waals surface area contributed by atoms with E-state index in [4.69, 9.17) is 5.73 Å². The van der Waals surface area contributed by atoms with Crippen LogP contribution in [0.25, 0.3) is 0 Å². The lowest BCUT2D eigenvalue weighted by Crippen LogP contribution is -2.29. The van der Waals surface area contributed by atoms with Crippen LogP contribution in [0.5, 0.6) is 0 Å². The van der Waals surface area contributed by atoms with Crippen LogP contribution in [-0.2, 0) is 16.0 Å². The summed E-state index contributed by atoms with van der Waals surface area (Å²) in [6, 6.07) is 0. The zero-order valence-electron chi connectivity index (χ0n) is 7.03. The maximum atomic E-state index is 10.9. The maximum absolute atomic E-state index is 10.9. The van der Waals surface area contributed by atoms with Crippen LogP contribution in [0.15, 0.2) is 5.51 Å². The Hall–Kier alpha value is -1.43. The Morgan fingerprint density at radius 1 is 1.69 bits per heavy atom. The number of anilines is 1. The number of carbonyl (C=O) groups is 2. The van der Waals surface area contributed by atoms with Crippen LogP contribution in [0.1, 0.15) is 12.6 Å². The molecule has 3 N–H and O–H groups in total. The number of aromatic nitrogens is 1. The van der Waals surface area contributed by atoms with Crippen molar-refractivity contribution in [3.63, 3.8) is 0 Å². The molecule has 0 radical (unpaired) electrons. The molecule has 2 amide bonds. The Labute approximate surface area is 79.0 Å². The SMILES string of the molecule is CCc1ncsc1NC(=O)C(N)=O. The van der Waals surface area contributed by atoms with Crippen molar-refractivity contribution in [1.82, 2.24) is 4.98 Å². The minimum Gasteiger partial charge on any atom is -0.361 e. The molecular formula is C7H9N3O2S. The third-order valence-corrected chi connectivity index (χ3v) is 2.21. The van der Waals surface area contributed by atoms with Gasteiger partial charge in [-0.15, -0.1) is 11.3 Å². The molecule has 0 aliphatic rings. The molecule has 1 aromatic rings. The predicted octanol–water partition coefficient (Wildman–Crippen LogP) is 0.129. The maximum Gasteiger partial charge on any atom is 0.314 e. The number of nitrogens with zero attached hydrogens (tertiary/aromatic N) is 1. The minimum atomic E-state index is -0.990. The molecule has 5 nitrogen and oxygen atoms in total. The van der Waals surface area contributed by atoms with Gasteiger partial charge in [-0.25, -0.2) is 4.98 Å². The Balaban J connectivity index is 2.74. The van der Waals surface area contributed by atoms with Gasteiger partial charge in [0.05, 0.1) is 11.2 Å². The van der Waals surface area contributed by atoms with E-state index in [1.807, 2.05) is 6.92 Å². The fourth-order valence-corrected chi connectivity index (χ4v) is 1.56. The summed E-state index contributed by atoms with van der Waals surface area (Å²) in [7, 11) is 0. The van der Waals surface area contributed by atoms with Crippen molar-refractivity contribution >= 4 is 28.2 Å². The minimum absolute atomic E-state index is 0.589. The lowest BCUT2D eigenvalue weighted by molar-refractivity contribution is -0.134. The number of nitrogens with two attached hydrogens (primary N) is 1. The van der Waals surface area contributed by atoms with Crippen molar-refractivity contribution in [3.8, 4) is 0 Å². The van der Waals surface area contributed by atoms with Gasteiger partial charge in [-0.1, -0.05) is 6.92 Å². The fourth-order valence-electron chi connectivity index (χ4n) is 0.787. The van der Waals surface area contributed by atoms with Crippen LogP contribution >= 0.6 is 11.3 Å². The second-order valence-electron chi connectivity index (χ2n) is 2.30. The average Bonchev–Trinajstić information content (AvgIpc) is 2.51. The summed E-state index contributed by atoms with van der Waals surface area (Å²) >= 11 is 1.27. The molecule has 0 aromatic carbocycles. The molecule has 0 bridgehead atoms. The van der Waals surface area contributed by atoms with Crippen molar-refractivity contribution in [2.75, 3.05) is 5.32 Å². The summed E-state index contributed by atoms with van der Waals surface area (Å²) in [5.41, 5.74) is 7.15. The Kier molecular flexibility index (Phi) is 2.97. The molecule has 1 heterocycles. The van der Waals surface area contributed by atoms with E-state index in [1.54, 1.807) is 5.51 Å². The summed E-state index contributed by atoms with van der Waals surface area (Å²) < 4.78 is 0. The van der Waals surface area contributed by atoms with Gasteiger partial charge in [0.1, 0.15) is 5.00 Å². The number of rotatable bonds is 2. The van der Waals surface area contributed by atoms with Crippen LogP contribution in [0.3, 0.4) is 0 Å². The topological polar surface area (TPSA) is 85.1 Å². The number of thiazole rings is 1. The zero-order chi connectivity index (χ0) is 9.84. The van der Waals surface area contributed by atoms with Crippen LogP contribution < -0.4 is 11.1 Å². The van der Waals surface area contributed by atoms with E-state index in [-0.39, 0.29) is 0 Å². The van der Waals surface area contributed by atoms with Crippen LogP contribution in [0.4, 0.5) is 5.00 Å². The fraction of sp³-hybridized carbons (Fsp3) is 0.286. The molecule has 1 rings (SSSR count). The van der Waals surface area contributed by atoms with E-state index >= 15 is 0 Å². The highest BCUT2D eigenvalue weighted by Crippen LogP contribution is 2.19. The number of hydrogen-bond acceptors (Lipinski definition) is 4. The zero-order valence-corrected chi connectivity index (χ0v) is 7.85. The molecule has 0 fully saturated rings. The molecule has 6 heteroatoms. The number of hydrogen-bond donors (Lipinski definition) is 2. The molecule has 0 aliphatic heterocycles. The van der Waals surface area contributed by atoms with Gasteiger partial charge in [0.15, 0.2) is 0 Å². The van der Waals surface area contributed by atoms with Crippen molar-refractivity contribution in [1.29, 1.82) is 0 Å². The first-order valence-corrected chi connectivity index (χ1v) is 4.56. The third-order valence-electron chi connectivity index (χ3n) is 1.43. The number of nitrogens with one attached hydrogen (secondary N) is 1. The molecule has 70 valence electrons. The van der Waals surface area contributed by atoms with Crippen molar-refractivity contribution in [3.05, 3.63) is 11.2 Å². The number of primary amides is 1. The molecule has 0 saturated heterocycles. The van der Waals surface area contributed by atoms with E-state index < -0.39 is 11.8 Å². The summed E-state index contributed by atoms with van der Waals surface area (Å²) in [6.45, 7) is 1.91. The molecule has 0 unspecified atom stereocenters. The molecule has 0 saturated carbocycles. The van der Waals surface area contributed by atoms with E-state index in [9.17, 15) is 9.59 Å². The van der Waals surface area contributed by atoms with Gasteiger partial charge in [0, 0.05) is 0 Å². The van der Waals surface area contributed by atoms with E-state index in [0.717, 1.165) is 5.69 Å². The quantitative estimate of drug-likeness (QED) is 0.664. The van der Waals surface area contributed by atoms with Gasteiger partial charge in [0.2, 0.25) is 0 Å². The summed E-state index contributed by atoms with van der Waals surface area (Å²) in [5.74, 6) is -1.80. The van der Waals surface area contributed by atoms with Gasteiger partial charge in [-0.3, -0.25) is 9.59 Å². The van der Waals surface area contributed by atoms with Crippen LogP contribution in [-0.4, -0.2) is 16.8 Å². The van der Waals surface area contributed by atoms with E-state index in [1.165, 1.54) is 11.3 Å². The lowest BCUT2D eigenvalue weighted by atomic mass is 10.3. The third kappa shape index (κ3) is 2.25. The number of aryl methyl sites for hydroxylation is 1. The van der Waals surface area contributed by atoms with Gasteiger partial charge < -0.3 is 11.1 Å². The van der Waals surface area contributed by atoms with Crippen molar-refractivity contribution in [2.24, 2.45) is 5.73 Å². The largest absolute Gasteiger partial charge is 0.361 e. The van der Waals surface area contributed by atoms with Crippen LogP contribution in [0.2, 0.25) is 0 Å². The normalized spacial score (nSPS) is 9.62.